The molecule has 0 radical (unpaired) electrons. The summed E-state index contributed by atoms with van der Waals surface area (Å²) in [7, 11) is 1.63. The molecule has 1 N–H and O–H groups in total. The highest BCUT2D eigenvalue weighted by molar-refractivity contribution is 5.39. The molecule has 1 aliphatic rings. The highest BCUT2D eigenvalue weighted by atomic mass is 16.5. The molecule has 0 amide bonds. The van der Waals surface area contributed by atoms with Crippen molar-refractivity contribution in [3.05, 3.63) is 53.7 Å². The number of nitrogens with one attached hydrogen (secondary N) is 1. The quantitative estimate of drug-likeness (QED) is 0.911. The second-order valence-electron chi connectivity index (χ2n) is 4.45. The smallest absolute Gasteiger partial charge is 0.213 e. The Labute approximate surface area is 112 Å². The summed E-state index contributed by atoms with van der Waals surface area (Å²) in [5.74, 6) is 1.61. The minimum absolute atomic E-state index is 0.226. The number of pyridine rings is 1. The van der Waals surface area contributed by atoms with Gasteiger partial charge in [-0.3, -0.25) is 0 Å². The molecular weight excluding hydrogens is 240 g/mol. The molecule has 4 nitrogen and oxygen atoms in total. The van der Waals surface area contributed by atoms with Gasteiger partial charge in [-0.05, 0) is 12.1 Å². The lowest BCUT2D eigenvalue weighted by Crippen LogP contribution is -2.22. The fraction of sp³-hybridized carbons (Fsp3) is 0.267. The van der Waals surface area contributed by atoms with Gasteiger partial charge in [0.2, 0.25) is 5.88 Å². The van der Waals surface area contributed by atoms with Crippen LogP contribution in [0.1, 0.15) is 17.3 Å². The average molecular weight is 256 g/mol. The molecule has 0 spiro atoms. The van der Waals surface area contributed by atoms with Gasteiger partial charge in [-0.15, -0.1) is 0 Å². The lowest BCUT2D eigenvalue weighted by molar-refractivity contribution is 0.310. The van der Waals surface area contributed by atoms with Crippen molar-refractivity contribution in [3.63, 3.8) is 0 Å². The largest absolute Gasteiger partial charge is 0.491 e. The van der Waals surface area contributed by atoms with Crippen LogP contribution in [0.2, 0.25) is 0 Å². The Morgan fingerprint density at radius 1 is 1.26 bits per heavy atom. The molecule has 1 unspecified atom stereocenters. The number of nitrogens with zero attached hydrogens (tertiary/aromatic N) is 1. The van der Waals surface area contributed by atoms with E-state index in [-0.39, 0.29) is 6.04 Å². The van der Waals surface area contributed by atoms with Crippen LogP contribution in [0.25, 0.3) is 0 Å². The summed E-state index contributed by atoms with van der Waals surface area (Å²) in [6.07, 6.45) is 0. The molecule has 2 aromatic rings. The van der Waals surface area contributed by atoms with Crippen molar-refractivity contribution < 1.29 is 9.47 Å². The van der Waals surface area contributed by atoms with Gasteiger partial charge < -0.3 is 14.8 Å². The van der Waals surface area contributed by atoms with Crippen LogP contribution in [-0.2, 0) is 6.54 Å². The molecule has 1 atom stereocenters. The van der Waals surface area contributed by atoms with Gasteiger partial charge in [0.15, 0.2) is 0 Å². The van der Waals surface area contributed by atoms with Crippen LogP contribution < -0.4 is 14.8 Å². The number of aromatic nitrogens is 1. The van der Waals surface area contributed by atoms with E-state index in [1.165, 1.54) is 5.56 Å². The molecule has 1 aliphatic heterocycles. The second-order valence-corrected chi connectivity index (χ2v) is 4.45. The predicted molar refractivity (Wildman–Crippen MR) is 72.3 cm³/mol. The van der Waals surface area contributed by atoms with Crippen LogP contribution in [0.15, 0.2) is 42.5 Å². The van der Waals surface area contributed by atoms with E-state index in [1.807, 2.05) is 36.4 Å². The van der Waals surface area contributed by atoms with Gasteiger partial charge in [0, 0.05) is 18.2 Å². The molecule has 1 aromatic carbocycles. The highest BCUT2D eigenvalue weighted by Crippen LogP contribution is 2.31. The van der Waals surface area contributed by atoms with Crippen molar-refractivity contribution in [2.24, 2.45) is 0 Å². The topological polar surface area (TPSA) is 43.4 Å². The molecule has 2 heterocycles. The lowest BCUT2D eigenvalue weighted by atomic mass is 10.1. The van der Waals surface area contributed by atoms with Crippen LogP contribution in [0.4, 0.5) is 0 Å². The third-order valence-electron chi connectivity index (χ3n) is 3.22. The third-order valence-corrected chi connectivity index (χ3v) is 3.22. The van der Waals surface area contributed by atoms with Crippen molar-refractivity contribution >= 4 is 0 Å². The first kappa shape index (κ1) is 12.0. The number of rotatable bonds is 4. The summed E-state index contributed by atoms with van der Waals surface area (Å²) in [4.78, 5) is 4.38. The number of benzene rings is 1. The van der Waals surface area contributed by atoms with Gasteiger partial charge in [0.1, 0.15) is 12.4 Å². The second kappa shape index (κ2) is 5.28. The monoisotopic (exact) mass is 256 g/mol. The lowest BCUT2D eigenvalue weighted by Gasteiger charge is -2.11. The zero-order valence-electron chi connectivity index (χ0n) is 10.8. The first-order valence-electron chi connectivity index (χ1n) is 6.32. The van der Waals surface area contributed by atoms with E-state index in [4.69, 9.17) is 9.47 Å². The van der Waals surface area contributed by atoms with E-state index in [2.05, 4.69) is 16.4 Å². The van der Waals surface area contributed by atoms with Crippen molar-refractivity contribution in [3.8, 4) is 11.6 Å². The molecular formula is C15H16N2O2. The van der Waals surface area contributed by atoms with Crippen LogP contribution in [-0.4, -0.2) is 18.7 Å². The van der Waals surface area contributed by atoms with E-state index in [9.17, 15) is 0 Å². The maximum Gasteiger partial charge on any atom is 0.213 e. The molecule has 1 aromatic heterocycles. The van der Waals surface area contributed by atoms with E-state index >= 15 is 0 Å². The third kappa shape index (κ3) is 2.53. The zero-order chi connectivity index (χ0) is 13.1. The van der Waals surface area contributed by atoms with Crippen molar-refractivity contribution in [1.29, 1.82) is 0 Å². The summed E-state index contributed by atoms with van der Waals surface area (Å²) >= 11 is 0. The number of hydrogen-bond donors (Lipinski definition) is 1. The van der Waals surface area contributed by atoms with Crippen LogP contribution in [0.5, 0.6) is 11.6 Å². The van der Waals surface area contributed by atoms with Crippen molar-refractivity contribution in [1.82, 2.24) is 10.3 Å². The molecule has 19 heavy (non-hydrogen) atoms. The van der Waals surface area contributed by atoms with Gasteiger partial charge >= 0.3 is 0 Å². The fourth-order valence-electron chi connectivity index (χ4n) is 2.23. The Morgan fingerprint density at radius 2 is 2.16 bits per heavy atom. The molecule has 0 saturated carbocycles. The van der Waals surface area contributed by atoms with Crippen LogP contribution in [0.3, 0.4) is 0 Å². The Bertz CT molecular complexity index is 572. The Hall–Kier alpha value is -2.07. The van der Waals surface area contributed by atoms with Gasteiger partial charge in [-0.2, -0.15) is 0 Å². The summed E-state index contributed by atoms with van der Waals surface area (Å²) in [6, 6.07) is 14.1. The molecule has 0 bridgehead atoms. The molecule has 98 valence electrons. The Balaban J connectivity index is 1.67. The minimum Gasteiger partial charge on any atom is -0.491 e. The van der Waals surface area contributed by atoms with Crippen molar-refractivity contribution in [2.75, 3.05) is 13.7 Å². The average Bonchev–Trinajstić information content (AvgIpc) is 2.89. The van der Waals surface area contributed by atoms with E-state index < -0.39 is 0 Å². The van der Waals surface area contributed by atoms with Gasteiger partial charge in [0.05, 0.1) is 18.8 Å². The van der Waals surface area contributed by atoms with Crippen molar-refractivity contribution in [2.45, 2.75) is 12.6 Å². The molecule has 3 rings (SSSR count). The molecule has 0 saturated heterocycles. The number of methoxy groups -OCH3 is 1. The van der Waals surface area contributed by atoms with Crippen LogP contribution in [0, 0.1) is 0 Å². The van der Waals surface area contributed by atoms with Gasteiger partial charge in [-0.1, -0.05) is 24.3 Å². The van der Waals surface area contributed by atoms with E-state index in [0.29, 0.717) is 19.0 Å². The summed E-state index contributed by atoms with van der Waals surface area (Å²) in [5, 5.41) is 3.46. The van der Waals surface area contributed by atoms with E-state index in [1.54, 1.807) is 7.11 Å². The standard InChI is InChI=1S/C15H16N2O2/c1-18-15-8-4-5-11(17-15)9-16-13-10-19-14-7-3-2-6-12(13)14/h2-8,13,16H,9-10H2,1H3. The number of ether oxygens (including phenoxy) is 2. The highest BCUT2D eigenvalue weighted by Gasteiger charge is 2.22. The maximum absolute atomic E-state index is 5.64. The first-order valence-corrected chi connectivity index (χ1v) is 6.32. The van der Waals surface area contributed by atoms with E-state index in [0.717, 1.165) is 11.4 Å². The first-order chi connectivity index (χ1) is 9.36. The zero-order valence-corrected chi connectivity index (χ0v) is 10.8. The molecule has 0 fully saturated rings. The Kier molecular flexibility index (Phi) is 3.33. The fourth-order valence-corrected chi connectivity index (χ4v) is 2.23. The normalized spacial score (nSPS) is 16.8. The minimum atomic E-state index is 0.226. The number of para-hydroxylation sites is 1. The summed E-state index contributed by atoms with van der Waals surface area (Å²) in [6.45, 7) is 1.36. The van der Waals surface area contributed by atoms with Gasteiger partial charge in [0.25, 0.3) is 0 Å². The van der Waals surface area contributed by atoms with Crippen LogP contribution >= 0.6 is 0 Å². The molecule has 4 heteroatoms. The SMILES string of the molecule is COc1cccc(CNC2COc3ccccc32)n1. The van der Waals surface area contributed by atoms with Gasteiger partial charge in [-0.25, -0.2) is 4.98 Å². The maximum atomic E-state index is 5.64. The number of hydrogen-bond acceptors (Lipinski definition) is 4. The predicted octanol–water partition coefficient (Wildman–Crippen LogP) is 2.31. The number of fused-ring (bicyclic) bond motifs is 1. The summed E-state index contributed by atoms with van der Waals surface area (Å²) < 4.78 is 10.8. The Morgan fingerprint density at radius 3 is 3.05 bits per heavy atom. The molecule has 0 aliphatic carbocycles. The summed E-state index contributed by atoms with van der Waals surface area (Å²) in [5.41, 5.74) is 2.18.